The van der Waals surface area contributed by atoms with E-state index in [0.29, 0.717) is 6.61 Å². The van der Waals surface area contributed by atoms with Gasteiger partial charge in [-0.15, -0.1) is 0 Å². The number of hydrogen-bond donors (Lipinski definition) is 0. The van der Waals surface area contributed by atoms with Gasteiger partial charge in [0.05, 0.1) is 25.0 Å². The Kier molecular flexibility index (Phi) is 6.05. The second-order valence-electron chi connectivity index (χ2n) is 6.49. The maximum Gasteiger partial charge on any atom is 0.157 e. The minimum atomic E-state index is 0.0120. The summed E-state index contributed by atoms with van der Waals surface area (Å²) in [6.45, 7) is 9.05. The van der Waals surface area contributed by atoms with E-state index in [1.54, 1.807) is 0 Å². The third-order valence-corrected chi connectivity index (χ3v) is 4.72. The molecule has 2 fully saturated rings. The van der Waals surface area contributed by atoms with Crippen molar-refractivity contribution >= 4 is 0 Å². The van der Waals surface area contributed by atoms with Crippen LogP contribution in [-0.2, 0) is 20.8 Å². The minimum absolute atomic E-state index is 0.0120. The molecule has 3 heterocycles. The summed E-state index contributed by atoms with van der Waals surface area (Å²) < 4.78 is 22.6. The van der Waals surface area contributed by atoms with Crippen molar-refractivity contribution in [2.45, 2.75) is 58.5 Å². The van der Waals surface area contributed by atoms with Crippen molar-refractivity contribution in [3.05, 3.63) is 17.0 Å². The molecule has 0 bridgehead atoms. The maximum atomic E-state index is 6.03. The summed E-state index contributed by atoms with van der Waals surface area (Å²) in [6.07, 6.45) is 4.78. The normalized spacial score (nSPS) is 26.0. The average Bonchev–Trinajstić information content (AvgIpc) is 3.14. The highest BCUT2D eigenvalue weighted by atomic mass is 16.7. The fourth-order valence-corrected chi connectivity index (χ4v) is 3.20. The molecule has 0 radical (unpaired) electrons. The van der Waals surface area contributed by atoms with Crippen molar-refractivity contribution in [1.29, 1.82) is 0 Å². The van der Waals surface area contributed by atoms with Gasteiger partial charge in [-0.25, -0.2) is 0 Å². The van der Waals surface area contributed by atoms with E-state index in [0.717, 1.165) is 69.1 Å². The molecule has 2 aliphatic heterocycles. The van der Waals surface area contributed by atoms with Crippen molar-refractivity contribution in [3.63, 3.8) is 0 Å². The maximum absolute atomic E-state index is 6.03. The van der Waals surface area contributed by atoms with Crippen LogP contribution >= 0.6 is 0 Å². The number of hydrogen-bond acceptors (Lipinski definition) is 6. The first kappa shape index (κ1) is 16.9. The van der Waals surface area contributed by atoms with Crippen LogP contribution in [0.1, 0.15) is 42.7 Å². The van der Waals surface area contributed by atoms with Gasteiger partial charge in [0.2, 0.25) is 0 Å². The Balaban J connectivity index is 1.32. The second-order valence-corrected chi connectivity index (χ2v) is 6.49. The summed E-state index contributed by atoms with van der Waals surface area (Å²) in [4.78, 5) is 2.40. The lowest BCUT2D eigenvalue weighted by molar-refractivity contribution is -0.164. The molecule has 1 aromatic heterocycles. The summed E-state index contributed by atoms with van der Waals surface area (Å²) in [5.41, 5.74) is 2.01. The van der Waals surface area contributed by atoms with E-state index in [4.69, 9.17) is 18.7 Å². The SMILES string of the molecule is Cc1noc(C)c1COC1CCN(CCOC2CCCCO2)C1. The molecule has 6 heteroatoms. The molecule has 2 unspecified atom stereocenters. The summed E-state index contributed by atoms with van der Waals surface area (Å²) in [7, 11) is 0. The number of likely N-dealkylation sites (tertiary alicyclic amines) is 1. The molecule has 0 spiro atoms. The molecule has 0 aromatic carbocycles. The lowest BCUT2D eigenvalue weighted by Crippen LogP contribution is -2.30. The molecule has 1 aromatic rings. The molecule has 2 aliphatic rings. The topological polar surface area (TPSA) is 57.0 Å². The Bertz CT molecular complexity index is 465. The van der Waals surface area contributed by atoms with Gasteiger partial charge in [-0.3, -0.25) is 4.90 Å². The van der Waals surface area contributed by atoms with Crippen molar-refractivity contribution in [2.75, 3.05) is 32.8 Å². The van der Waals surface area contributed by atoms with Gasteiger partial charge in [-0.2, -0.15) is 0 Å². The second kappa shape index (κ2) is 8.24. The van der Waals surface area contributed by atoms with Crippen LogP contribution in [0.15, 0.2) is 4.52 Å². The van der Waals surface area contributed by atoms with Gasteiger partial charge in [0.15, 0.2) is 6.29 Å². The number of ether oxygens (including phenoxy) is 3. The molecule has 3 rings (SSSR count). The van der Waals surface area contributed by atoms with E-state index in [1.807, 2.05) is 13.8 Å². The molecule has 0 aliphatic carbocycles. The highest BCUT2D eigenvalue weighted by Crippen LogP contribution is 2.19. The standard InChI is InChI=1S/C17H28N2O4/c1-13-16(14(2)23-18-13)12-22-15-6-7-19(11-15)8-10-21-17-5-3-4-9-20-17/h15,17H,3-12H2,1-2H3. The summed E-state index contributed by atoms with van der Waals surface area (Å²) in [5.74, 6) is 0.859. The summed E-state index contributed by atoms with van der Waals surface area (Å²) in [6, 6.07) is 0. The summed E-state index contributed by atoms with van der Waals surface area (Å²) >= 11 is 0. The Hall–Kier alpha value is -0.950. The number of aromatic nitrogens is 1. The number of nitrogens with zero attached hydrogens (tertiary/aromatic N) is 2. The highest BCUT2D eigenvalue weighted by Gasteiger charge is 2.24. The Morgan fingerprint density at radius 2 is 2.13 bits per heavy atom. The van der Waals surface area contributed by atoms with Crippen LogP contribution in [0.4, 0.5) is 0 Å². The van der Waals surface area contributed by atoms with Crippen LogP contribution in [0.5, 0.6) is 0 Å². The summed E-state index contributed by atoms with van der Waals surface area (Å²) in [5, 5.41) is 3.97. The highest BCUT2D eigenvalue weighted by molar-refractivity contribution is 5.19. The van der Waals surface area contributed by atoms with Gasteiger partial charge < -0.3 is 18.7 Å². The van der Waals surface area contributed by atoms with Crippen molar-refractivity contribution in [1.82, 2.24) is 10.1 Å². The average molecular weight is 324 g/mol. The van der Waals surface area contributed by atoms with Crippen LogP contribution in [0.25, 0.3) is 0 Å². The smallest absolute Gasteiger partial charge is 0.157 e. The lowest BCUT2D eigenvalue weighted by atomic mass is 10.2. The third kappa shape index (κ3) is 4.76. The number of rotatable bonds is 7. The van der Waals surface area contributed by atoms with E-state index in [-0.39, 0.29) is 12.4 Å². The van der Waals surface area contributed by atoms with Crippen LogP contribution in [0.3, 0.4) is 0 Å². The molecule has 2 saturated heterocycles. The molecule has 2 atom stereocenters. The number of aryl methyl sites for hydroxylation is 2. The molecule has 6 nitrogen and oxygen atoms in total. The first-order valence-corrected chi connectivity index (χ1v) is 8.71. The zero-order chi connectivity index (χ0) is 16.1. The minimum Gasteiger partial charge on any atom is -0.372 e. The molecule has 23 heavy (non-hydrogen) atoms. The van der Waals surface area contributed by atoms with E-state index in [2.05, 4.69) is 10.1 Å². The molecule has 0 saturated carbocycles. The Morgan fingerprint density at radius 3 is 2.87 bits per heavy atom. The third-order valence-electron chi connectivity index (χ3n) is 4.72. The Labute approximate surface area is 138 Å². The van der Waals surface area contributed by atoms with Gasteiger partial charge >= 0.3 is 0 Å². The quantitative estimate of drug-likeness (QED) is 0.768. The van der Waals surface area contributed by atoms with E-state index >= 15 is 0 Å². The van der Waals surface area contributed by atoms with Gasteiger partial charge in [-0.05, 0) is 39.5 Å². The molecule has 0 amide bonds. The van der Waals surface area contributed by atoms with Gasteiger partial charge in [-0.1, -0.05) is 5.16 Å². The fourth-order valence-electron chi connectivity index (χ4n) is 3.20. The first-order chi connectivity index (χ1) is 11.2. The monoisotopic (exact) mass is 324 g/mol. The van der Waals surface area contributed by atoms with Gasteiger partial charge in [0.1, 0.15) is 5.76 Å². The zero-order valence-corrected chi connectivity index (χ0v) is 14.3. The van der Waals surface area contributed by atoms with Crippen molar-refractivity contribution in [2.24, 2.45) is 0 Å². The molecule has 0 N–H and O–H groups in total. The van der Waals surface area contributed by atoms with Crippen molar-refractivity contribution < 1.29 is 18.7 Å². The molecule has 130 valence electrons. The van der Waals surface area contributed by atoms with Crippen LogP contribution in [0.2, 0.25) is 0 Å². The molecular weight excluding hydrogens is 296 g/mol. The van der Waals surface area contributed by atoms with Gasteiger partial charge in [0.25, 0.3) is 0 Å². The van der Waals surface area contributed by atoms with E-state index in [1.165, 1.54) is 6.42 Å². The molecular formula is C17H28N2O4. The van der Waals surface area contributed by atoms with Crippen LogP contribution in [0, 0.1) is 13.8 Å². The predicted octanol–water partition coefficient (Wildman–Crippen LogP) is 2.43. The van der Waals surface area contributed by atoms with Crippen molar-refractivity contribution in [3.8, 4) is 0 Å². The van der Waals surface area contributed by atoms with E-state index < -0.39 is 0 Å². The predicted molar refractivity (Wildman–Crippen MR) is 85.2 cm³/mol. The van der Waals surface area contributed by atoms with E-state index in [9.17, 15) is 0 Å². The van der Waals surface area contributed by atoms with Crippen LogP contribution < -0.4 is 0 Å². The first-order valence-electron chi connectivity index (χ1n) is 8.71. The fraction of sp³-hybridized carbons (Fsp3) is 0.824. The zero-order valence-electron chi connectivity index (χ0n) is 14.3. The Morgan fingerprint density at radius 1 is 1.22 bits per heavy atom. The largest absolute Gasteiger partial charge is 0.372 e. The van der Waals surface area contributed by atoms with Crippen LogP contribution in [-0.4, -0.2) is 55.3 Å². The lowest BCUT2D eigenvalue weighted by Gasteiger charge is -2.24. The van der Waals surface area contributed by atoms with Gasteiger partial charge in [0, 0.05) is 31.8 Å².